The molecule has 1 aliphatic rings. The van der Waals surface area contributed by atoms with Crippen LogP contribution in [0, 0.1) is 13.8 Å². The van der Waals surface area contributed by atoms with Crippen molar-refractivity contribution in [2.24, 2.45) is 0 Å². The number of H-pyrrole nitrogens is 1. The Kier molecular flexibility index (Phi) is 5.76. The summed E-state index contributed by atoms with van der Waals surface area (Å²) in [5.74, 6) is -1.10. The SMILES string of the molecule is Cc1cc[n+](C2=C(c3c(C(C)C)[nH]n(-c4ccccc4)c3=O)C(=O)N(c3cccc(C)c3)C2=O)cc1. The Balaban J connectivity index is 1.80. The van der Waals surface area contributed by atoms with Crippen LogP contribution in [0.15, 0.2) is 83.9 Å². The summed E-state index contributed by atoms with van der Waals surface area (Å²) in [7, 11) is 0. The van der Waals surface area contributed by atoms with Crippen LogP contribution < -0.4 is 15.0 Å². The minimum Gasteiger partial charge on any atom is -0.294 e. The number of nitrogens with one attached hydrogen (secondary N) is 1. The van der Waals surface area contributed by atoms with Gasteiger partial charge in [0.1, 0.15) is 5.57 Å². The third-order valence-corrected chi connectivity index (χ3v) is 6.33. The number of imide groups is 1. The maximum atomic E-state index is 14.0. The quantitative estimate of drug-likeness (QED) is 0.345. The maximum absolute atomic E-state index is 14.0. The fraction of sp³-hybridized carbons (Fsp3) is 0.172. The predicted molar refractivity (Wildman–Crippen MR) is 139 cm³/mol. The molecule has 0 radical (unpaired) electrons. The van der Waals surface area contributed by atoms with Gasteiger partial charge in [-0.05, 0) is 55.2 Å². The Labute approximate surface area is 208 Å². The minimum absolute atomic E-state index is 0.0926. The van der Waals surface area contributed by atoms with E-state index in [1.165, 1.54) is 4.68 Å². The van der Waals surface area contributed by atoms with Crippen molar-refractivity contribution in [3.63, 3.8) is 0 Å². The molecule has 0 saturated carbocycles. The lowest BCUT2D eigenvalue weighted by Crippen LogP contribution is -2.39. The summed E-state index contributed by atoms with van der Waals surface area (Å²) >= 11 is 0. The van der Waals surface area contributed by atoms with E-state index in [2.05, 4.69) is 5.10 Å². The van der Waals surface area contributed by atoms with E-state index in [-0.39, 0.29) is 28.3 Å². The van der Waals surface area contributed by atoms with Gasteiger partial charge in [-0.1, -0.05) is 44.2 Å². The minimum atomic E-state index is -0.521. The van der Waals surface area contributed by atoms with E-state index in [1.807, 2.05) is 76.2 Å². The highest BCUT2D eigenvalue weighted by Crippen LogP contribution is 2.35. The molecule has 4 aromatic rings. The van der Waals surface area contributed by atoms with Gasteiger partial charge < -0.3 is 0 Å². The molecule has 2 amide bonds. The number of rotatable bonds is 5. The number of aromatic amines is 1. The first-order valence-electron chi connectivity index (χ1n) is 11.9. The van der Waals surface area contributed by atoms with Crippen LogP contribution >= 0.6 is 0 Å². The fourth-order valence-corrected chi connectivity index (χ4v) is 4.51. The van der Waals surface area contributed by atoms with E-state index in [0.717, 1.165) is 16.0 Å². The second kappa shape index (κ2) is 8.92. The van der Waals surface area contributed by atoms with Crippen molar-refractivity contribution < 1.29 is 14.2 Å². The van der Waals surface area contributed by atoms with Gasteiger partial charge in [-0.3, -0.25) is 19.5 Å². The van der Waals surface area contributed by atoms with Gasteiger partial charge in [0.2, 0.25) is 0 Å². The van der Waals surface area contributed by atoms with Gasteiger partial charge in [-0.15, -0.1) is 0 Å². The van der Waals surface area contributed by atoms with Crippen molar-refractivity contribution in [3.05, 3.63) is 112 Å². The second-order valence-electron chi connectivity index (χ2n) is 9.32. The lowest BCUT2D eigenvalue weighted by atomic mass is 9.98. The number of aromatic nitrogens is 3. The molecule has 0 saturated heterocycles. The first kappa shape index (κ1) is 23.2. The summed E-state index contributed by atoms with van der Waals surface area (Å²) < 4.78 is 3.06. The van der Waals surface area contributed by atoms with Crippen LogP contribution in [0.25, 0.3) is 17.0 Å². The van der Waals surface area contributed by atoms with E-state index < -0.39 is 11.8 Å². The third-order valence-electron chi connectivity index (χ3n) is 6.33. The van der Waals surface area contributed by atoms with E-state index in [4.69, 9.17) is 0 Å². The zero-order valence-corrected chi connectivity index (χ0v) is 20.6. The van der Waals surface area contributed by atoms with Crippen LogP contribution in [-0.2, 0) is 9.59 Å². The molecule has 0 atom stereocenters. The highest BCUT2D eigenvalue weighted by atomic mass is 16.2. The maximum Gasteiger partial charge on any atom is 0.331 e. The number of pyridine rings is 1. The zero-order chi connectivity index (χ0) is 25.6. The number of carbonyl (C=O) groups is 2. The van der Waals surface area contributed by atoms with Gasteiger partial charge in [-0.25, -0.2) is 9.58 Å². The molecule has 1 N–H and O–H groups in total. The summed E-state index contributed by atoms with van der Waals surface area (Å²) in [6.45, 7) is 7.74. The number of nitrogens with zero attached hydrogens (tertiary/aromatic N) is 3. The number of anilines is 1. The van der Waals surface area contributed by atoms with Crippen molar-refractivity contribution in [1.82, 2.24) is 9.78 Å². The van der Waals surface area contributed by atoms with Crippen LogP contribution in [-0.4, -0.2) is 21.6 Å². The van der Waals surface area contributed by atoms with Crippen LogP contribution in [0.2, 0.25) is 0 Å². The molecule has 1 aliphatic heterocycles. The van der Waals surface area contributed by atoms with Crippen LogP contribution in [0.5, 0.6) is 0 Å². The summed E-state index contributed by atoms with van der Waals surface area (Å²) in [6, 6.07) is 20.1. The molecule has 3 heterocycles. The second-order valence-corrected chi connectivity index (χ2v) is 9.32. The van der Waals surface area contributed by atoms with Crippen LogP contribution in [0.4, 0.5) is 5.69 Å². The zero-order valence-electron chi connectivity index (χ0n) is 20.6. The van der Waals surface area contributed by atoms with Gasteiger partial charge in [0.05, 0.1) is 16.9 Å². The predicted octanol–water partition coefficient (Wildman–Crippen LogP) is 4.14. The molecule has 180 valence electrons. The average molecular weight is 480 g/mol. The number of aryl methyl sites for hydroxylation is 2. The molecule has 0 spiro atoms. The van der Waals surface area contributed by atoms with Crippen molar-refractivity contribution in [2.45, 2.75) is 33.6 Å². The first-order valence-corrected chi connectivity index (χ1v) is 11.9. The molecule has 7 heteroatoms. The molecule has 2 aromatic heterocycles. The van der Waals surface area contributed by atoms with Crippen molar-refractivity contribution in [1.29, 1.82) is 0 Å². The lowest BCUT2D eigenvalue weighted by molar-refractivity contribution is -0.576. The molecule has 36 heavy (non-hydrogen) atoms. The van der Waals surface area contributed by atoms with E-state index in [1.54, 1.807) is 35.2 Å². The molecule has 0 unspecified atom stereocenters. The molecule has 2 aromatic carbocycles. The Morgan fingerprint density at radius 3 is 2.08 bits per heavy atom. The topological polar surface area (TPSA) is 79.1 Å². The highest BCUT2D eigenvalue weighted by molar-refractivity contribution is 6.53. The summed E-state index contributed by atoms with van der Waals surface area (Å²) in [4.78, 5) is 42.9. The van der Waals surface area contributed by atoms with Gasteiger partial charge in [0.15, 0.2) is 12.4 Å². The molecule has 0 aliphatic carbocycles. The highest BCUT2D eigenvalue weighted by Gasteiger charge is 2.48. The third kappa shape index (κ3) is 3.79. The molecule has 0 bridgehead atoms. The smallest absolute Gasteiger partial charge is 0.294 e. The number of benzene rings is 2. The average Bonchev–Trinajstić information content (AvgIpc) is 3.33. The summed E-state index contributed by atoms with van der Waals surface area (Å²) in [5, 5.41) is 3.20. The Hall–Kier alpha value is -4.52. The number of hydrogen-bond donors (Lipinski definition) is 1. The fourth-order valence-electron chi connectivity index (χ4n) is 4.51. The summed E-state index contributed by atoms with van der Waals surface area (Å²) in [6.07, 6.45) is 3.49. The van der Waals surface area contributed by atoms with Gasteiger partial charge in [0.25, 0.3) is 17.2 Å². The van der Waals surface area contributed by atoms with Crippen molar-refractivity contribution in [3.8, 4) is 5.69 Å². The van der Waals surface area contributed by atoms with E-state index in [9.17, 15) is 14.4 Å². The van der Waals surface area contributed by atoms with Crippen LogP contribution in [0.1, 0.15) is 42.1 Å². The molecular formula is C29H27N4O3+. The van der Waals surface area contributed by atoms with E-state index >= 15 is 0 Å². The normalized spacial score (nSPS) is 13.9. The van der Waals surface area contributed by atoms with Crippen molar-refractivity contribution in [2.75, 3.05) is 4.90 Å². The van der Waals surface area contributed by atoms with E-state index in [0.29, 0.717) is 17.1 Å². The summed E-state index contributed by atoms with van der Waals surface area (Å²) in [5.41, 5.74) is 3.72. The number of carbonyl (C=O) groups excluding carboxylic acids is 2. The van der Waals surface area contributed by atoms with Gasteiger partial charge in [0, 0.05) is 17.8 Å². The van der Waals surface area contributed by atoms with Gasteiger partial charge >= 0.3 is 5.91 Å². The first-order chi connectivity index (χ1) is 17.3. The molecular weight excluding hydrogens is 452 g/mol. The number of amides is 2. The largest absolute Gasteiger partial charge is 0.331 e. The Bertz CT molecular complexity index is 1580. The Morgan fingerprint density at radius 2 is 1.44 bits per heavy atom. The van der Waals surface area contributed by atoms with Gasteiger partial charge in [-0.2, -0.15) is 4.57 Å². The molecule has 7 nitrogen and oxygen atoms in total. The molecule has 5 rings (SSSR count). The lowest BCUT2D eigenvalue weighted by Gasteiger charge is -2.14. The number of hydrogen-bond acceptors (Lipinski definition) is 3. The van der Waals surface area contributed by atoms with Crippen LogP contribution in [0.3, 0.4) is 0 Å². The van der Waals surface area contributed by atoms with Crippen molar-refractivity contribution >= 4 is 28.8 Å². The molecule has 0 fully saturated rings. The number of para-hydroxylation sites is 1. The Morgan fingerprint density at radius 1 is 0.778 bits per heavy atom. The monoisotopic (exact) mass is 479 g/mol. The standard InChI is InChI=1S/C29H26N4O3/c1-18(2)25-23(28(35)33(30-25)21-10-6-5-7-11-21)24-26(31-15-13-19(3)14-16-31)29(36)32(27(24)34)22-12-8-9-20(4)17-22/h5-18H,1-4H3/p+1.